The number of anilines is 2. The van der Waals surface area contributed by atoms with Crippen LogP contribution >= 0.6 is 0 Å². The average molecular weight is 222 g/mol. The summed E-state index contributed by atoms with van der Waals surface area (Å²) in [4.78, 5) is 0. The number of aryl methyl sites for hydroxylation is 1. The Morgan fingerprint density at radius 1 is 1.31 bits per heavy atom. The van der Waals surface area contributed by atoms with E-state index in [9.17, 15) is 5.11 Å². The lowest BCUT2D eigenvalue weighted by Gasteiger charge is -2.26. The molecule has 0 aliphatic heterocycles. The van der Waals surface area contributed by atoms with Crippen LogP contribution in [0.1, 0.15) is 32.3 Å². The van der Waals surface area contributed by atoms with Crippen molar-refractivity contribution in [3.8, 4) is 0 Å². The molecule has 0 saturated heterocycles. The molecule has 1 rings (SSSR count). The number of rotatable bonds is 5. The summed E-state index contributed by atoms with van der Waals surface area (Å²) in [6.45, 7) is 6.52. The van der Waals surface area contributed by atoms with Gasteiger partial charge in [-0.05, 0) is 37.5 Å². The van der Waals surface area contributed by atoms with E-state index in [-0.39, 0.29) is 0 Å². The Balaban J connectivity index is 2.67. The van der Waals surface area contributed by atoms with Gasteiger partial charge in [-0.15, -0.1) is 0 Å². The summed E-state index contributed by atoms with van der Waals surface area (Å²) in [5, 5.41) is 13.3. The Morgan fingerprint density at radius 2 is 1.94 bits per heavy atom. The number of aliphatic hydroxyl groups is 1. The summed E-state index contributed by atoms with van der Waals surface area (Å²) in [6, 6.07) is 5.89. The first-order chi connectivity index (χ1) is 7.50. The zero-order valence-electron chi connectivity index (χ0n) is 10.4. The first-order valence-corrected chi connectivity index (χ1v) is 5.83. The Labute approximate surface area is 97.7 Å². The average Bonchev–Trinajstić information content (AvgIpc) is 2.27. The van der Waals surface area contributed by atoms with Crippen LogP contribution in [0.25, 0.3) is 0 Å². The van der Waals surface area contributed by atoms with Crippen LogP contribution in [0, 0.1) is 6.92 Å². The van der Waals surface area contributed by atoms with E-state index in [2.05, 4.69) is 5.32 Å². The second-order valence-corrected chi connectivity index (χ2v) is 4.38. The molecule has 0 heterocycles. The lowest BCUT2D eigenvalue weighted by atomic mass is 9.97. The Morgan fingerprint density at radius 3 is 2.44 bits per heavy atom. The molecule has 0 unspecified atom stereocenters. The minimum Gasteiger partial charge on any atom is -0.397 e. The highest BCUT2D eigenvalue weighted by Gasteiger charge is 2.21. The molecule has 0 amide bonds. The van der Waals surface area contributed by atoms with E-state index in [0.717, 1.165) is 29.8 Å². The predicted octanol–water partition coefficient (Wildman–Crippen LogP) is 2.54. The van der Waals surface area contributed by atoms with Crippen LogP contribution in [0.15, 0.2) is 18.2 Å². The molecule has 16 heavy (non-hydrogen) atoms. The van der Waals surface area contributed by atoms with Gasteiger partial charge in [0.25, 0.3) is 0 Å². The summed E-state index contributed by atoms with van der Waals surface area (Å²) in [5.41, 5.74) is 8.02. The van der Waals surface area contributed by atoms with Crippen molar-refractivity contribution in [2.45, 2.75) is 39.2 Å². The van der Waals surface area contributed by atoms with E-state index < -0.39 is 5.60 Å². The molecule has 0 aliphatic carbocycles. The van der Waals surface area contributed by atoms with Crippen molar-refractivity contribution in [3.63, 3.8) is 0 Å². The number of benzene rings is 1. The second kappa shape index (κ2) is 5.21. The van der Waals surface area contributed by atoms with Crippen LogP contribution in [-0.4, -0.2) is 17.3 Å². The summed E-state index contributed by atoms with van der Waals surface area (Å²) in [6.07, 6.45) is 1.48. The molecule has 4 N–H and O–H groups in total. The van der Waals surface area contributed by atoms with Crippen molar-refractivity contribution in [1.29, 1.82) is 0 Å². The molecule has 3 nitrogen and oxygen atoms in total. The van der Waals surface area contributed by atoms with Gasteiger partial charge in [0.2, 0.25) is 0 Å². The van der Waals surface area contributed by atoms with Gasteiger partial charge in [-0.3, -0.25) is 0 Å². The lowest BCUT2D eigenvalue weighted by molar-refractivity contribution is 0.0457. The van der Waals surface area contributed by atoms with Gasteiger partial charge in [-0.2, -0.15) is 0 Å². The van der Waals surface area contributed by atoms with Gasteiger partial charge < -0.3 is 16.2 Å². The van der Waals surface area contributed by atoms with Gasteiger partial charge in [0, 0.05) is 6.54 Å². The molecule has 1 aromatic carbocycles. The standard InChI is InChI=1S/C13H22N2O/c1-4-13(16,5-2)9-15-12-7-6-10(3)8-11(12)14/h6-8,15-16H,4-5,9,14H2,1-3H3. The quantitative estimate of drug-likeness (QED) is 0.671. The van der Waals surface area contributed by atoms with Gasteiger partial charge >= 0.3 is 0 Å². The molecule has 0 bridgehead atoms. The van der Waals surface area contributed by atoms with E-state index in [4.69, 9.17) is 5.73 Å². The van der Waals surface area contributed by atoms with E-state index in [1.165, 1.54) is 0 Å². The molecule has 0 aliphatic rings. The van der Waals surface area contributed by atoms with Crippen LogP contribution in [0.5, 0.6) is 0 Å². The minimum absolute atomic E-state index is 0.535. The zero-order chi connectivity index (χ0) is 12.2. The van der Waals surface area contributed by atoms with E-state index in [1.807, 2.05) is 39.0 Å². The van der Waals surface area contributed by atoms with Crippen LogP contribution < -0.4 is 11.1 Å². The maximum atomic E-state index is 10.1. The molecular weight excluding hydrogens is 200 g/mol. The summed E-state index contributed by atoms with van der Waals surface area (Å²) in [7, 11) is 0. The zero-order valence-corrected chi connectivity index (χ0v) is 10.4. The fourth-order valence-corrected chi connectivity index (χ4v) is 1.60. The van der Waals surface area contributed by atoms with E-state index in [1.54, 1.807) is 0 Å². The van der Waals surface area contributed by atoms with E-state index >= 15 is 0 Å². The van der Waals surface area contributed by atoms with Gasteiger partial charge in [0.1, 0.15) is 0 Å². The first kappa shape index (κ1) is 12.8. The highest BCUT2D eigenvalue weighted by atomic mass is 16.3. The molecule has 0 radical (unpaired) electrons. The molecule has 0 aromatic heterocycles. The molecule has 0 fully saturated rings. The molecular formula is C13H22N2O. The van der Waals surface area contributed by atoms with E-state index in [0.29, 0.717) is 6.54 Å². The summed E-state index contributed by atoms with van der Waals surface area (Å²) < 4.78 is 0. The van der Waals surface area contributed by atoms with Gasteiger partial charge in [-0.25, -0.2) is 0 Å². The summed E-state index contributed by atoms with van der Waals surface area (Å²) >= 11 is 0. The second-order valence-electron chi connectivity index (χ2n) is 4.38. The third-order valence-electron chi connectivity index (χ3n) is 3.13. The highest BCUT2D eigenvalue weighted by molar-refractivity contribution is 5.66. The number of nitrogens with two attached hydrogens (primary N) is 1. The third-order valence-corrected chi connectivity index (χ3v) is 3.13. The Bertz CT molecular complexity index is 346. The normalized spacial score (nSPS) is 11.5. The maximum Gasteiger partial charge on any atom is 0.0814 e. The molecule has 0 atom stereocenters. The minimum atomic E-state index is -0.642. The van der Waals surface area contributed by atoms with Crippen LogP contribution in [0.4, 0.5) is 11.4 Å². The Kier molecular flexibility index (Phi) is 4.19. The van der Waals surface area contributed by atoms with Gasteiger partial charge in [0.05, 0.1) is 17.0 Å². The number of nitrogen functional groups attached to an aromatic ring is 1. The molecule has 3 heteroatoms. The lowest BCUT2D eigenvalue weighted by Crippen LogP contribution is -2.35. The smallest absolute Gasteiger partial charge is 0.0814 e. The van der Waals surface area contributed by atoms with Crippen LogP contribution in [0.3, 0.4) is 0 Å². The van der Waals surface area contributed by atoms with Gasteiger partial charge in [-0.1, -0.05) is 19.9 Å². The largest absolute Gasteiger partial charge is 0.397 e. The van der Waals surface area contributed by atoms with Crippen molar-refractivity contribution < 1.29 is 5.11 Å². The fraction of sp³-hybridized carbons (Fsp3) is 0.538. The van der Waals surface area contributed by atoms with Crippen molar-refractivity contribution >= 4 is 11.4 Å². The SMILES string of the molecule is CCC(O)(CC)CNc1ccc(C)cc1N. The van der Waals surface area contributed by atoms with Crippen molar-refractivity contribution in [3.05, 3.63) is 23.8 Å². The Hall–Kier alpha value is -1.22. The van der Waals surface area contributed by atoms with Crippen LogP contribution in [0.2, 0.25) is 0 Å². The molecule has 0 saturated carbocycles. The monoisotopic (exact) mass is 222 g/mol. The van der Waals surface area contributed by atoms with Crippen molar-refractivity contribution in [2.75, 3.05) is 17.6 Å². The van der Waals surface area contributed by atoms with Crippen molar-refractivity contribution in [2.24, 2.45) is 0 Å². The predicted molar refractivity (Wildman–Crippen MR) is 69.6 cm³/mol. The third kappa shape index (κ3) is 3.14. The first-order valence-electron chi connectivity index (χ1n) is 5.83. The highest BCUT2D eigenvalue weighted by Crippen LogP contribution is 2.22. The molecule has 90 valence electrons. The topological polar surface area (TPSA) is 58.3 Å². The fourth-order valence-electron chi connectivity index (χ4n) is 1.60. The number of hydrogen-bond acceptors (Lipinski definition) is 3. The van der Waals surface area contributed by atoms with Crippen LogP contribution in [-0.2, 0) is 0 Å². The van der Waals surface area contributed by atoms with Crippen molar-refractivity contribution in [1.82, 2.24) is 0 Å². The number of nitrogens with one attached hydrogen (secondary N) is 1. The molecule has 1 aromatic rings. The number of hydrogen-bond donors (Lipinski definition) is 3. The summed E-state index contributed by atoms with van der Waals surface area (Å²) in [5.74, 6) is 0. The van der Waals surface area contributed by atoms with Gasteiger partial charge in [0.15, 0.2) is 0 Å². The maximum absolute atomic E-state index is 10.1. The molecule has 0 spiro atoms.